The molecule has 2 fully saturated rings. The second-order valence-corrected chi connectivity index (χ2v) is 9.69. The number of hydrogen-bond donors (Lipinski definition) is 0. The third kappa shape index (κ3) is 4.36. The van der Waals surface area contributed by atoms with Crippen molar-refractivity contribution >= 4 is 15.9 Å². The average Bonchev–Trinajstić information content (AvgIpc) is 3.59. The third-order valence-electron chi connectivity index (χ3n) is 5.58. The van der Waals surface area contributed by atoms with Crippen molar-refractivity contribution in [3.05, 3.63) is 65.5 Å². The minimum Gasteiger partial charge on any atom is -0.331 e. The highest BCUT2D eigenvalue weighted by atomic mass is 32.2. The molecule has 1 heterocycles. The number of sulfonamides is 1. The number of benzene rings is 2. The summed E-state index contributed by atoms with van der Waals surface area (Å²) in [6.45, 7) is 1.21. The zero-order chi connectivity index (χ0) is 20.4. The number of carbonyl (C=O) groups is 1. The highest BCUT2D eigenvalue weighted by Gasteiger charge is 2.34. The van der Waals surface area contributed by atoms with Crippen LogP contribution < -0.4 is 0 Å². The Morgan fingerprint density at radius 2 is 1.76 bits per heavy atom. The van der Waals surface area contributed by atoms with E-state index < -0.39 is 10.0 Å². The fraction of sp³-hybridized carbons (Fsp3) is 0.409. The van der Waals surface area contributed by atoms with Crippen LogP contribution in [0.2, 0.25) is 0 Å². The molecule has 5 nitrogen and oxygen atoms in total. The van der Waals surface area contributed by atoms with Crippen LogP contribution in [0.3, 0.4) is 0 Å². The fourth-order valence-corrected chi connectivity index (χ4v) is 5.34. The van der Waals surface area contributed by atoms with E-state index in [4.69, 9.17) is 0 Å². The van der Waals surface area contributed by atoms with Gasteiger partial charge in [0.15, 0.2) is 0 Å². The molecule has 154 valence electrons. The number of amides is 1. The minimum absolute atomic E-state index is 0.0736. The number of rotatable bonds is 6. The molecule has 0 unspecified atom stereocenters. The summed E-state index contributed by atoms with van der Waals surface area (Å²) in [4.78, 5) is 15.0. The summed E-state index contributed by atoms with van der Waals surface area (Å²) >= 11 is 0. The molecule has 7 heteroatoms. The van der Waals surface area contributed by atoms with Crippen LogP contribution in [0, 0.1) is 5.82 Å². The van der Waals surface area contributed by atoms with E-state index in [0.29, 0.717) is 24.2 Å². The Balaban J connectivity index is 1.59. The topological polar surface area (TPSA) is 57.7 Å². The molecule has 1 saturated carbocycles. The molecule has 0 spiro atoms. The Morgan fingerprint density at radius 3 is 2.45 bits per heavy atom. The number of hydrogen-bond acceptors (Lipinski definition) is 3. The summed E-state index contributed by atoms with van der Waals surface area (Å²) in [6.07, 6.45) is 4.51. The van der Waals surface area contributed by atoms with Crippen molar-refractivity contribution < 1.29 is 17.6 Å². The summed E-state index contributed by atoms with van der Waals surface area (Å²) in [5, 5.41) is 0. The molecule has 2 aliphatic rings. The van der Waals surface area contributed by atoms with Gasteiger partial charge in [-0.05, 0) is 49.9 Å². The molecule has 0 atom stereocenters. The molecule has 0 bridgehead atoms. The maximum atomic E-state index is 14.1. The van der Waals surface area contributed by atoms with Gasteiger partial charge in [0, 0.05) is 36.8 Å². The SMILES string of the molecule is O=C(c1cccc(S(=O)(=O)N2CCCCC2)c1)N(Cc1ccccc1F)C1CC1. The van der Waals surface area contributed by atoms with Crippen LogP contribution in [-0.4, -0.2) is 42.7 Å². The maximum absolute atomic E-state index is 14.1. The van der Waals surface area contributed by atoms with Gasteiger partial charge in [0.2, 0.25) is 10.0 Å². The van der Waals surface area contributed by atoms with E-state index in [9.17, 15) is 17.6 Å². The number of carbonyl (C=O) groups excluding carboxylic acids is 1. The first-order chi connectivity index (χ1) is 14.0. The average molecular weight is 417 g/mol. The van der Waals surface area contributed by atoms with Gasteiger partial charge in [0.25, 0.3) is 5.91 Å². The van der Waals surface area contributed by atoms with Crippen LogP contribution >= 0.6 is 0 Å². The quantitative estimate of drug-likeness (QED) is 0.720. The van der Waals surface area contributed by atoms with Crippen LogP contribution in [0.25, 0.3) is 0 Å². The van der Waals surface area contributed by atoms with Gasteiger partial charge in [-0.25, -0.2) is 12.8 Å². The monoisotopic (exact) mass is 416 g/mol. The standard InChI is InChI=1S/C22H25FN2O3S/c23-21-10-3-2-7-18(21)16-25(19-11-12-19)22(26)17-8-6-9-20(15-17)29(27,28)24-13-4-1-5-14-24/h2-3,6-10,15,19H,1,4-5,11-14,16H2. The number of nitrogens with zero attached hydrogens (tertiary/aromatic N) is 2. The van der Waals surface area contributed by atoms with Crippen molar-refractivity contribution in [2.75, 3.05) is 13.1 Å². The first-order valence-corrected chi connectivity index (χ1v) is 11.6. The molecule has 1 saturated heterocycles. The van der Waals surface area contributed by atoms with E-state index in [1.165, 1.54) is 16.4 Å². The molecule has 29 heavy (non-hydrogen) atoms. The lowest BCUT2D eigenvalue weighted by Crippen LogP contribution is -2.36. The fourth-order valence-electron chi connectivity index (χ4n) is 3.77. The molecule has 2 aromatic rings. The van der Waals surface area contributed by atoms with Crippen molar-refractivity contribution in [3.63, 3.8) is 0 Å². The highest BCUT2D eigenvalue weighted by Crippen LogP contribution is 2.31. The summed E-state index contributed by atoms with van der Waals surface area (Å²) in [7, 11) is -3.61. The van der Waals surface area contributed by atoms with E-state index >= 15 is 0 Å². The lowest BCUT2D eigenvalue weighted by atomic mass is 10.1. The summed E-state index contributed by atoms with van der Waals surface area (Å²) < 4.78 is 41.5. The predicted octanol–water partition coefficient (Wildman–Crippen LogP) is 3.81. The van der Waals surface area contributed by atoms with Gasteiger partial charge in [-0.3, -0.25) is 4.79 Å². The Hall–Kier alpha value is -2.25. The highest BCUT2D eigenvalue weighted by molar-refractivity contribution is 7.89. The van der Waals surface area contributed by atoms with E-state index in [1.54, 1.807) is 41.3 Å². The van der Waals surface area contributed by atoms with Crippen LogP contribution in [0.5, 0.6) is 0 Å². The molecule has 4 rings (SSSR count). The van der Waals surface area contributed by atoms with Crippen molar-refractivity contribution in [2.45, 2.75) is 49.6 Å². The molecular formula is C22H25FN2O3S. The van der Waals surface area contributed by atoms with E-state index in [0.717, 1.165) is 32.1 Å². The van der Waals surface area contributed by atoms with E-state index in [-0.39, 0.29) is 29.2 Å². The van der Waals surface area contributed by atoms with E-state index in [1.807, 2.05) is 0 Å². The smallest absolute Gasteiger partial charge is 0.254 e. The summed E-state index contributed by atoms with van der Waals surface area (Å²) in [5.41, 5.74) is 0.788. The van der Waals surface area contributed by atoms with Gasteiger partial charge in [-0.1, -0.05) is 30.7 Å². The van der Waals surface area contributed by atoms with Gasteiger partial charge >= 0.3 is 0 Å². The van der Waals surface area contributed by atoms with Gasteiger partial charge < -0.3 is 4.90 Å². The zero-order valence-corrected chi connectivity index (χ0v) is 17.1. The van der Waals surface area contributed by atoms with Crippen molar-refractivity contribution in [1.82, 2.24) is 9.21 Å². The third-order valence-corrected chi connectivity index (χ3v) is 7.48. The molecular weight excluding hydrogens is 391 g/mol. The van der Waals surface area contributed by atoms with Crippen molar-refractivity contribution in [3.8, 4) is 0 Å². The molecule has 1 aliphatic heterocycles. The summed E-state index contributed by atoms with van der Waals surface area (Å²) in [5.74, 6) is -0.598. The van der Waals surface area contributed by atoms with E-state index in [2.05, 4.69) is 0 Å². The Morgan fingerprint density at radius 1 is 1.03 bits per heavy atom. The second-order valence-electron chi connectivity index (χ2n) is 7.75. The molecule has 1 aliphatic carbocycles. The van der Waals surface area contributed by atoms with Crippen molar-refractivity contribution in [2.24, 2.45) is 0 Å². The van der Waals surface area contributed by atoms with Gasteiger partial charge in [-0.2, -0.15) is 4.31 Å². The molecule has 1 amide bonds. The lowest BCUT2D eigenvalue weighted by Gasteiger charge is -2.26. The van der Waals surface area contributed by atoms with Gasteiger partial charge in [-0.15, -0.1) is 0 Å². The predicted molar refractivity (Wildman–Crippen MR) is 108 cm³/mol. The minimum atomic E-state index is -3.61. The number of halogens is 1. The lowest BCUT2D eigenvalue weighted by molar-refractivity contribution is 0.0728. The normalized spacial score (nSPS) is 17.8. The Kier molecular flexibility index (Phi) is 5.69. The van der Waals surface area contributed by atoms with Gasteiger partial charge in [0.05, 0.1) is 4.90 Å². The zero-order valence-electron chi connectivity index (χ0n) is 16.3. The molecule has 0 aromatic heterocycles. The van der Waals surface area contributed by atoms with Crippen molar-refractivity contribution in [1.29, 1.82) is 0 Å². The second kappa shape index (κ2) is 8.24. The van der Waals surface area contributed by atoms with Crippen LogP contribution in [-0.2, 0) is 16.6 Å². The first kappa shape index (κ1) is 20.0. The largest absolute Gasteiger partial charge is 0.331 e. The molecule has 0 radical (unpaired) electrons. The van der Waals surface area contributed by atoms with Gasteiger partial charge in [0.1, 0.15) is 5.82 Å². The Labute approximate surface area is 171 Å². The first-order valence-electron chi connectivity index (χ1n) is 10.1. The number of piperidine rings is 1. The van der Waals surface area contributed by atoms with Crippen LogP contribution in [0.1, 0.15) is 48.0 Å². The Bertz CT molecular complexity index is 999. The summed E-state index contributed by atoms with van der Waals surface area (Å²) in [6, 6.07) is 12.8. The molecule has 0 N–H and O–H groups in total. The van der Waals surface area contributed by atoms with Crippen LogP contribution in [0.15, 0.2) is 53.4 Å². The van der Waals surface area contributed by atoms with Crippen LogP contribution in [0.4, 0.5) is 4.39 Å². The molecule has 2 aromatic carbocycles. The maximum Gasteiger partial charge on any atom is 0.254 e.